The van der Waals surface area contributed by atoms with Gasteiger partial charge >= 0.3 is 6.03 Å². The zero-order valence-corrected chi connectivity index (χ0v) is 8.48. The van der Waals surface area contributed by atoms with Gasteiger partial charge in [-0.15, -0.1) is 0 Å². The maximum absolute atomic E-state index is 11.5. The van der Waals surface area contributed by atoms with Gasteiger partial charge in [-0.1, -0.05) is 0 Å². The summed E-state index contributed by atoms with van der Waals surface area (Å²) in [7, 11) is 0. The van der Waals surface area contributed by atoms with Crippen molar-refractivity contribution >= 4 is 11.9 Å². The molecule has 15 heavy (non-hydrogen) atoms. The molecule has 4 atom stereocenters. The highest BCUT2D eigenvalue weighted by Crippen LogP contribution is 2.67. The molecule has 4 aliphatic rings. The largest absolute Gasteiger partial charge is 0.324 e. The maximum Gasteiger partial charge on any atom is 0.324 e. The molecular formula is C11H14N2O2. The van der Waals surface area contributed by atoms with E-state index in [1.165, 1.54) is 19.3 Å². The van der Waals surface area contributed by atoms with Gasteiger partial charge in [-0.25, -0.2) is 4.79 Å². The van der Waals surface area contributed by atoms with E-state index in [9.17, 15) is 9.59 Å². The number of nitrogens with zero attached hydrogens (tertiary/aromatic N) is 1. The molecule has 4 unspecified atom stereocenters. The van der Waals surface area contributed by atoms with E-state index in [4.69, 9.17) is 0 Å². The minimum atomic E-state index is -0.154. The van der Waals surface area contributed by atoms with Crippen molar-refractivity contribution in [1.29, 1.82) is 0 Å². The molecule has 4 rings (SSSR count). The summed E-state index contributed by atoms with van der Waals surface area (Å²) in [5.41, 5.74) is 0. The number of nitrogens with one attached hydrogen (secondary N) is 1. The number of fused-ring (bicyclic) bond motifs is 5. The summed E-state index contributed by atoms with van der Waals surface area (Å²) in [6.07, 6.45) is 4.09. The highest BCUT2D eigenvalue weighted by Gasteiger charge is 2.68. The Morgan fingerprint density at radius 3 is 2.33 bits per heavy atom. The van der Waals surface area contributed by atoms with Crippen molar-refractivity contribution in [2.24, 2.45) is 23.7 Å². The molecule has 80 valence electrons. The predicted octanol–water partition coefficient (Wildman–Crippen LogP) is 0.583. The molecule has 1 heterocycles. The van der Waals surface area contributed by atoms with Crippen LogP contribution in [0.25, 0.3) is 0 Å². The zero-order chi connectivity index (χ0) is 10.2. The molecule has 3 amide bonds. The highest BCUT2D eigenvalue weighted by atomic mass is 16.2. The summed E-state index contributed by atoms with van der Waals surface area (Å²) in [6.45, 7) is 0.302. The lowest BCUT2D eigenvalue weighted by Gasteiger charge is -2.17. The Bertz CT molecular complexity index is 352. The second-order valence-electron chi connectivity index (χ2n) is 5.46. The first-order valence-electron chi connectivity index (χ1n) is 5.86. The lowest BCUT2D eigenvalue weighted by molar-refractivity contribution is -0.118. The molecule has 0 spiro atoms. The molecule has 3 saturated carbocycles. The first kappa shape index (κ1) is 8.13. The third-order valence-corrected chi connectivity index (χ3v) is 4.88. The number of amides is 3. The lowest BCUT2D eigenvalue weighted by atomic mass is 10.0. The van der Waals surface area contributed by atoms with Crippen LogP contribution in [0.4, 0.5) is 4.79 Å². The molecular weight excluding hydrogens is 192 g/mol. The van der Waals surface area contributed by atoms with Crippen molar-refractivity contribution in [1.82, 2.24) is 10.2 Å². The second kappa shape index (κ2) is 2.36. The third-order valence-electron chi connectivity index (χ3n) is 4.88. The quantitative estimate of drug-likeness (QED) is 0.638. The van der Waals surface area contributed by atoms with Crippen molar-refractivity contribution in [2.45, 2.75) is 25.3 Å². The van der Waals surface area contributed by atoms with Crippen molar-refractivity contribution in [3.05, 3.63) is 0 Å². The van der Waals surface area contributed by atoms with E-state index in [0.717, 1.165) is 23.7 Å². The Morgan fingerprint density at radius 2 is 1.80 bits per heavy atom. The first-order chi connectivity index (χ1) is 7.25. The van der Waals surface area contributed by atoms with Crippen LogP contribution in [-0.4, -0.2) is 29.4 Å². The van der Waals surface area contributed by atoms with E-state index in [1.807, 2.05) is 0 Å². The van der Waals surface area contributed by atoms with Crippen LogP contribution in [0.5, 0.6) is 0 Å². The molecule has 1 N–H and O–H groups in total. The molecule has 1 saturated heterocycles. The molecule has 4 heteroatoms. The molecule has 4 fully saturated rings. The van der Waals surface area contributed by atoms with Crippen LogP contribution in [0.2, 0.25) is 0 Å². The summed E-state index contributed by atoms with van der Waals surface area (Å²) < 4.78 is 0. The fraction of sp³-hybridized carbons (Fsp3) is 0.818. The zero-order valence-electron chi connectivity index (χ0n) is 8.48. The number of carbonyl (C=O) groups excluding carboxylic acids is 2. The normalized spacial score (nSPS) is 50.9. The SMILES string of the molecule is O=C1CN(C2C3C4CCC(C4)C32)C(=O)N1. The average Bonchev–Trinajstić information content (AvgIpc) is 2.57. The van der Waals surface area contributed by atoms with E-state index >= 15 is 0 Å². The van der Waals surface area contributed by atoms with E-state index in [-0.39, 0.29) is 11.9 Å². The van der Waals surface area contributed by atoms with Crippen molar-refractivity contribution in [3.63, 3.8) is 0 Å². The van der Waals surface area contributed by atoms with Gasteiger partial charge in [0.2, 0.25) is 5.91 Å². The summed E-state index contributed by atoms with van der Waals surface area (Å²) in [6, 6.07) is 0.251. The Hall–Kier alpha value is -1.06. The summed E-state index contributed by atoms with van der Waals surface area (Å²) >= 11 is 0. The molecule has 2 bridgehead atoms. The van der Waals surface area contributed by atoms with Gasteiger partial charge in [-0.3, -0.25) is 10.1 Å². The Morgan fingerprint density at radius 1 is 1.13 bits per heavy atom. The summed E-state index contributed by atoms with van der Waals surface area (Å²) in [5.74, 6) is 3.06. The number of rotatable bonds is 1. The Kier molecular flexibility index (Phi) is 1.28. The van der Waals surface area contributed by atoms with Gasteiger partial charge in [-0.2, -0.15) is 0 Å². The second-order valence-corrected chi connectivity index (χ2v) is 5.46. The molecule has 0 aromatic carbocycles. The molecule has 1 aliphatic heterocycles. The van der Waals surface area contributed by atoms with Crippen LogP contribution < -0.4 is 5.32 Å². The van der Waals surface area contributed by atoms with Gasteiger partial charge in [0.1, 0.15) is 6.54 Å². The first-order valence-corrected chi connectivity index (χ1v) is 5.86. The number of carbonyl (C=O) groups is 2. The van der Waals surface area contributed by atoms with Crippen LogP contribution >= 0.6 is 0 Å². The number of urea groups is 1. The summed E-state index contributed by atoms with van der Waals surface area (Å²) in [5, 5.41) is 2.38. The molecule has 0 aromatic heterocycles. The minimum Gasteiger partial charge on any atom is -0.312 e. The number of imide groups is 1. The Labute approximate surface area is 88.0 Å². The molecule has 0 aromatic rings. The van der Waals surface area contributed by atoms with Crippen LogP contribution in [0.3, 0.4) is 0 Å². The monoisotopic (exact) mass is 206 g/mol. The average molecular weight is 206 g/mol. The smallest absolute Gasteiger partial charge is 0.312 e. The van der Waals surface area contributed by atoms with Gasteiger partial charge in [0.25, 0.3) is 0 Å². The topological polar surface area (TPSA) is 49.4 Å². The van der Waals surface area contributed by atoms with E-state index in [2.05, 4.69) is 5.32 Å². The lowest BCUT2D eigenvalue weighted by Crippen LogP contribution is -2.33. The predicted molar refractivity (Wildman–Crippen MR) is 51.8 cm³/mol. The molecule has 0 radical (unpaired) electrons. The standard InChI is InChI=1S/C11H14N2O2/c14-7-4-13(11(15)12-7)10-8-5-1-2-6(3-5)9(8)10/h5-6,8-10H,1-4H2,(H,12,14,15). The van der Waals surface area contributed by atoms with Gasteiger partial charge in [0, 0.05) is 6.04 Å². The van der Waals surface area contributed by atoms with Crippen molar-refractivity contribution < 1.29 is 9.59 Å². The third kappa shape index (κ3) is 0.880. The summed E-state index contributed by atoms with van der Waals surface area (Å²) in [4.78, 5) is 24.4. The fourth-order valence-electron chi connectivity index (χ4n) is 4.39. The van der Waals surface area contributed by atoms with Crippen LogP contribution in [0, 0.1) is 23.7 Å². The number of hydrogen-bond acceptors (Lipinski definition) is 2. The van der Waals surface area contributed by atoms with Crippen molar-refractivity contribution in [2.75, 3.05) is 6.54 Å². The van der Waals surface area contributed by atoms with Gasteiger partial charge < -0.3 is 4.90 Å². The van der Waals surface area contributed by atoms with Crippen LogP contribution in [0.1, 0.15) is 19.3 Å². The molecule has 3 aliphatic carbocycles. The fourth-order valence-corrected chi connectivity index (χ4v) is 4.39. The highest BCUT2D eigenvalue weighted by molar-refractivity contribution is 6.02. The van der Waals surface area contributed by atoms with Crippen LogP contribution in [0.15, 0.2) is 0 Å². The van der Waals surface area contributed by atoms with Gasteiger partial charge in [0.05, 0.1) is 0 Å². The molecule has 4 nitrogen and oxygen atoms in total. The van der Waals surface area contributed by atoms with Gasteiger partial charge in [0.15, 0.2) is 0 Å². The minimum absolute atomic E-state index is 0.127. The number of hydrogen-bond donors (Lipinski definition) is 1. The van der Waals surface area contributed by atoms with E-state index in [0.29, 0.717) is 12.6 Å². The van der Waals surface area contributed by atoms with Gasteiger partial charge in [-0.05, 0) is 42.9 Å². The van der Waals surface area contributed by atoms with E-state index in [1.54, 1.807) is 4.90 Å². The van der Waals surface area contributed by atoms with Crippen LogP contribution in [-0.2, 0) is 4.79 Å². The maximum atomic E-state index is 11.5. The Balaban J connectivity index is 1.58. The van der Waals surface area contributed by atoms with E-state index < -0.39 is 0 Å². The van der Waals surface area contributed by atoms with Crippen molar-refractivity contribution in [3.8, 4) is 0 Å².